The summed E-state index contributed by atoms with van der Waals surface area (Å²) in [5, 5.41) is 0. The van der Waals surface area contributed by atoms with Crippen molar-refractivity contribution in [1.82, 2.24) is 9.21 Å². The summed E-state index contributed by atoms with van der Waals surface area (Å²) in [5.74, 6) is 0. The number of piperidine rings is 1. The predicted molar refractivity (Wildman–Crippen MR) is 88.8 cm³/mol. The molecule has 2 heterocycles. The highest BCUT2D eigenvalue weighted by molar-refractivity contribution is 7.89. The largest absolute Gasteiger partial charge is 0.369 e. The molecule has 0 saturated carbocycles. The Bertz CT molecular complexity index is 586. The van der Waals surface area contributed by atoms with E-state index in [1.54, 1.807) is 16.4 Å². The lowest BCUT2D eigenvalue weighted by molar-refractivity contribution is 0.313. The molecule has 1 aromatic carbocycles. The molecule has 5 nitrogen and oxygen atoms in total. The number of nitrogens with zero attached hydrogens (tertiary/aromatic N) is 3. The molecule has 0 N–H and O–H groups in total. The van der Waals surface area contributed by atoms with Crippen molar-refractivity contribution in [2.75, 3.05) is 51.2 Å². The lowest BCUT2D eigenvalue weighted by atomic mass is 10.2. The molecule has 0 aliphatic carbocycles. The maximum absolute atomic E-state index is 12.6. The molecule has 2 aliphatic rings. The second kappa shape index (κ2) is 6.56. The van der Waals surface area contributed by atoms with Gasteiger partial charge in [0.25, 0.3) is 0 Å². The lowest BCUT2D eigenvalue weighted by Gasteiger charge is -2.34. The Kier molecular flexibility index (Phi) is 4.70. The molecule has 6 heteroatoms. The lowest BCUT2D eigenvalue weighted by Crippen LogP contribution is -2.44. The SMILES string of the molecule is CN1CCN(c2ccc(S(=O)(=O)N3CCCCC3)cc2)CC1. The number of piperazine rings is 1. The van der Waals surface area contributed by atoms with Gasteiger partial charge in [-0.1, -0.05) is 6.42 Å². The first kappa shape index (κ1) is 15.8. The molecule has 22 heavy (non-hydrogen) atoms. The highest BCUT2D eigenvalue weighted by Crippen LogP contribution is 2.23. The van der Waals surface area contributed by atoms with E-state index >= 15 is 0 Å². The molecule has 0 spiro atoms. The van der Waals surface area contributed by atoms with Crippen LogP contribution in [-0.4, -0.2) is 63.9 Å². The van der Waals surface area contributed by atoms with Crippen molar-refractivity contribution in [2.45, 2.75) is 24.2 Å². The van der Waals surface area contributed by atoms with E-state index < -0.39 is 10.0 Å². The first-order chi connectivity index (χ1) is 10.6. The summed E-state index contributed by atoms with van der Waals surface area (Å²) in [4.78, 5) is 5.05. The van der Waals surface area contributed by atoms with Crippen molar-refractivity contribution < 1.29 is 8.42 Å². The second-order valence-electron chi connectivity index (χ2n) is 6.25. The fourth-order valence-corrected chi connectivity index (χ4v) is 4.66. The van der Waals surface area contributed by atoms with Gasteiger partial charge >= 0.3 is 0 Å². The van der Waals surface area contributed by atoms with Crippen molar-refractivity contribution >= 4 is 15.7 Å². The quantitative estimate of drug-likeness (QED) is 0.848. The molecular weight excluding hydrogens is 298 g/mol. The summed E-state index contributed by atoms with van der Waals surface area (Å²) in [7, 11) is -1.18. The standard InChI is InChI=1S/C16H25N3O2S/c1-17-11-13-18(14-12-17)15-5-7-16(8-6-15)22(20,21)19-9-3-2-4-10-19/h5-8H,2-4,9-14H2,1H3. The molecule has 0 unspecified atom stereocenters. The number of likely N-dealkylation sites (N-methyl/N-ethyl adjacent to an activating group) is 1. The zero-order valence-electron chi connectivity index (χ0n) is 13.2. The molecule has 0 aromatic heterocycles. The fourth-order valence-electron chi connectivity index (χ4n) is 3.15. The maximum atomic E-state index is 12.6. The van der Waals surface area contributed by atoms with Crippen LogP contribution in [0.1, 0.15) is 19.3 Å². The van der Waals surface area contributed by atoms with Crippen molar-refractivity contribution in [3.8, 4) is 0 Å². The van der Waals surface area contributed by atoms with E-state index in [0.717, 1.165) is 51.1 Å². The fraction of sp³-hybridized carbons (Fsp3) is 0.625. The normalized spacial score (nSPS) is 22.0. The monoisotopic (exact) mass is 323 g/mol. The number of anilines is 1. The highest BCUT2D eigenvalue weighted by Gasteiger charge is 2.26. The van der Waals surface area contributed by atoms with Crippen LogP contribution >= 0.6 is 0 Å². The van der Waals surface area contributed by atoms with Gasteiger partial charge in [-0.2, -0.15) is 4.31 Å². The molecule has 0 amide bonds. The average Bonchev–Trinajstić information content (AvgIpc) is 2.56. The van der Waals surface area contributed by atoms with Crippen LogP contribution in [0.25, 0.3) is 0 Å². The first-order valence-corrected chi connectivity index (χ1v) is 9.55. The van der Waals surface area contributed by atoms with Crippen LogP contribution in [0.5, 0.6) is 0 Å². The molecule has 2 fully saturated rings. The van der Waals surface area contributed by atoms with Crippen molar-refractivity contribution in [1.29, 1.82) is 0 Å². The summed E-state index contributed by atoms with van der Waals surface area (Å²) in [6.07, 6.45) is 3.07. The topological polar surface area (TPSA) is 43.9 Å². The van der Waals surface area contributed by atoms with Gasteiger partial charge in [-0.25, -0.2) is 8.42 Å². The van der Waals surface area contributed by atoms with E-state index in [0.29, 0.717) is 18.0 Å². The van der Waals surface area contributed by atoms with Crippen LogP contribution in [0.4, 0.5) is 5.69 Å². The number of hydrogen-bond acceptors (Lipinski definition) is 4. The van der Waals surface area contributed by atoms with E-state index in [1.165, 1.54) is 0 Å². The third kappa shape index (κ3) is 3.29. The van der Waals surface area contributed by atoms with Gasteiger partial charge in [0.2, 0.25) is 10.0 Å². The second-order valence-corrected chi connectivity index (χ2v) is 8.19. The Balaban J connectivity index is 1.73. The van der Waals surface area contributed by atoms with Gasteiger partial charge in [0.1, 0.15) is 0 Å². The smallest absolute Gasteiger partial charge is 0.243 e. The van der Waals surface area contributed by atoms with Crippen LogP contribution < -0.4 is 4.90 Å². The molecule has 122 valence electrons. The average molecular weight is 323 g/mol. The van der Waals surface area contributed by atoms with E-state index in [4.69, 9.17) is 0 Å². The molecule has 0 atom stereocenters. The number of sulfonamides is 1. The van der Waals surface area contributed by atoms with Crippen molar-refractivity contribution in [3.63, 3.8) is 0 Å². The van der Waals surface area contributed by atoms with E-state index in [9.17, 15) is 8.42 Å². The summed E-state index contributed by atoms with van der Waals surface area (Å²) in [6.45, 7) is 5.40. The molecule has 2 aliphatic heterocycles. The van der Waals surface area contributed by atoms with Gasteiger partial charge in [0.05, 0.1) is 4.90 Å². The van der Waals surface area contributed by atoms with E-state index in [1.807, 2.05) is 12.1 Å². The Morgan fingerprint density at radius 1 is 0.818 bits per heavy atom. The number of benzene rings is 1. The summed E-state index contributed by atoms with van der Waals surface area (Å²) >= 11 is 0. The van der Waals surface area contributed by atoms with Gasteiger partial charge in [0, 0.05) is 45.0 Å². The summed E-state index contributed by atoms with van der Waals surface area (Å²) in [5.41, 5.74) is 1.12. The van der Waals surface area contributed by atoms with Crippen LogP contribution in [0.3, 0.4) is 0 Å². The van der Waals surface area contributed by atoms with Gasteiger partial charge < -0.3 is 9.80 Å². The molecule has 0 bridgehead atoms. The highest BCUT2D eigenvalue weighted by atomic mass is 32.2. The van der Waals surface area contributed by atoms with E-state index in [2.05, 4.69) is 16.8 Å². The van der Waals surface area contributed by atoms with Gasteiger partial charge in [0.15, 0.2) is 0 Å². The van der Waals surface area contributed by atoms with Crippen molar-refractivity contribution in [2.24, 2.45) is 0 Å². The third-order valence-corrected chi connectivity index (χ3v) is 6.57. The van der Waals surface area contributed by atoms with Gasteiger partial charge in [-0.15, -0.1) is 0 Å². The van der Waals surface area contributed by atoms with Gasteiger partial charge in [-0.05, 0) is 44.2 Å². The zero-order valence-corrected chi connectivity index (χ0v) is 14.1. The minimum absolute atomic E-state index is 0.423. The van der Waals surface area contributed by atoms with Crippen LogP contribution in [0.15, 0.2) is 29.2 Å². The summed E-state index contributed by atoms with van der Waals surface area (Å²) in [6, 6.07) is 7.42. The minimum atomic E-state index is -3.31. The van der Waals surface area contributed by atoms with Crippen LogP contribution in [-0.2, 0) is 10.0 Å². The zero-order chi connectivity index (χ0) is 15.6. The molecular formula is C16H25N3O2S. The molecule has 0 radical (unpaired) electrons. The first-order valence-electron chi connectivity index (χ1n) is 8.11. The Hall–Kier alpha value is -1.11. The number of rotatable bonds is 3. The van der Waals surface area contributed by atoms with Gasteiger partial charge in [-0.3, -0.25) is 0 Å². The third-order valence-electron chi connectivity index (χ3n) is 4.66. The molecule has 2 saturated heterocycles. The van der Waals surface area contributed by atoms with Crippen LogP contribution in [0, 0.1) is 0 Å². The molecule has 1 aromatic rings. The van der Waals surface area contributed by atoms with E-state index in [-0.39, 0.29) is 0 Å². The molecule has 3 rings (SSSR count). The Morgan fingerprint density at radius 2 is 1.41 bits per heavy atom. The predicted octanol–water partition coefficient (Wildman–Crippen LogP) is 1.61. The summed E-state index contributed by atoms with van der Waals surface area (Å²) < 4.78 is 26.9. The number of hydrogen-bond donors (Lipinski definition) is 0. The Labute approximate surface area is 133 Å². The Morgan fingerprint density at radius 3 is 2.00 bits per heavy atom. The minimum Gasteiger partial charge on any atom is -0.369 e. The maximum Gasteiger partial charge on any atom is 0.243 e. The van der Waals surface area contributed by atoms with Crippen LogP contribution in [0.2, 0.25) is 0 Å². The van der Waals surface area contributed by atoms with Crippen molar-refractivity contribution in [3.05, 3.63) is 24.3 Å².